The first-order chi connectivity index (χ1) is 12.0. The summed E-state index contributed by atoms with van der Waals surface area (Å²) in [5.41, 5.74) is 4.14. The molecule has 2 N–H and O–H groups in total. The van der Waals surface area contributed by atoms with E-state index in [2.05, 4.69) is 24.4 Å². The lowest BCUT2D eigenvalue weighted by molar-refractivity contribution is -0.123. The largest absolute Gasteiger partial charge is 0.504 e. The molecule has 0 unspecified atom stereocenters. The van der Waals surface area contributed by atoms with Crippen molar-refractivity contribution in [2.75, 3.05) is 13.7 Å². The van der Waals surface area contributed by atoms with Gasteiger partial charge in [0.05, 0.1) is 13.3 Å². The van der Waals surface area contributed by atoms with Crippen LogP contribution < -0.4 is 14.9 Å². The molecule has 2 aromatic carbocycles. The first-order valence-corrected chi connectivity index (χ1v) is 7.92. The third kappa shape index (κ3) is 5.24. The zero-order valence-electron chi connectivity index (χ0n) is 14.5. The predicted molar refractivity (Wildman–Crippen MR) is 96.4 cm³/mol. The maximum absolute atomic E-state index is 11.9. The number of ether oxygens (including phenoxy) is 2. The van der Waals surface area contributed by atoms with Crippen molar-refractivity contribution in [3.05, 3.63) is 53.6 Å². The van der Waals surface area contributed by atoms with Crippen molar-refractivity contribution in [2.45, 2.75) is 19.8 Å². The molecule has 0 saturated carbocycles. The first-order valence-electron chi connectivity index (χ1n) is 7.92. The quantitative estimate of drug-likeness (QED) is 0.599. The topological polar surface area (TPSA) is 80.2 Å². The molecular weight excluding hydrogens is 320 g/mol. The van der Waals surface area contributed by atoms with E-state index in [1.807, 2.05) is 24.3 Å². The van der Waals surface area contributed by atoms with Crippen LogP contribution in [0.2, 0.25) is 0 Å². The van der Waals surface area contributed by atoms with Crippen molar-refractivity contribution < 1.29 is 19.4 Å². The van der Waals surface area contributed by atoms with Gasteiger partial charge in [-0.15, -0.1) is 0 Å². The molecule has 0 fully saturated rings. The van der Waals surface area contributed by atoms with Crippen LogP contribution in [0.4, 0.5) is 0 Å². The summed E-state index contributed by atoms with van der Waals surface area (Å²) < 4.78 is 10.6. The van der Waals surface area contributed by atoms with E-state index < -0.39 is 0 Å². The van der Waals surface area contributed by atoms with Crippen LogP contribution >= 0.6 is 0 Å². The Bertz CT molecular complexity index is 757. The van der Waals surface area contributed by atoms with Gasteiger partial charge in [0.2, 0.25) is 0 Å². The molecule has 1 amide bonds. The molecule has 0 aliphatic carbocycles. The van der Waals surface area contributed by atoms with Crippen LogP contribution in [0.1, 0.15) is 30.9 Å². The summed E-state index contributed by atoms with van der Waals surface area (Å²) in [6.45, 7) is 4.01. The van der Waals surface area contributed by atoms with Crippen molar-refractivity contribution >= 4 is 12.1 Å². The lowest BCUT2D eigenvalue weighted by Gasteiger charge is -2.13. The summed E-state index contributed by atoms with van der Waals surface area (Å²) in [7, 11) is 1.46. The smallest absolute Gasteiger partial charge is 0.277 e. The average Bonchev–Trinajstić information content (AvgIpc) is 2.61. The van der Waals surface area contributed by atoms with Gasteiger partial charge in [-0.25, -0.2) is 5.43 Å². The molecule has 0 heterocycles. The highest BCUT2D eigenvalue weighted by molar-refractivity contribution is 5.83. The normalized spacial score (nSPS) is 10.9. The fourth-order valence-electron chi connectivity index (χ4n) is 2.22. The summed E-state index contributed by atoms with van der Waals surface area (Å²) in [6.07, 6.45) is 1.46. The number of benzene rings is 2. The van der Waals surface area contributed by atoms with Crippen molar-refractivity contribution in [1.29, 1.82) is 0 Å². The van der Waals surface area contributed by atoms with E-state index in [0.29, 0.717) is 23.0 Å². The highest BCUT2D eigenvalue weighted by Crippen LogP contribution is 2.26. The first kappa shape index (κ1) is 18.3. The van der Waals surface area contributed by atoms with Crippen molar-refractivity contribution in [3.8, 4) is 17.2 Å². The number of phenolic OH excluding ortho intramolecular Hbond substituents is 1. The molecule has 2 aromatic rings. The van der Waals surface area contributed by atoms with Gasteiger partial charge in [0, 0.05) is 0 Å². The number of para-hydroxylation sites is 1. The molecule has 6 heteroatoms. The van der Waals surface area contributed by atoms with Crippen LogP contribution in [-0.2, 0) is 4.79 Å². The molecule has 0 aromatic heterocycles. The summed E-state index contributed by atoms with van der Waals surface area (Å²) in [4.78, 5) is 11.9. The lowest BCUT2D eigenvalue weighted by atomic mass is 10.0. The van der Waals surface area contributed by atoms with Gasteiger partial charge in [-0.2, -0.15) is 5.10 Å². The van der Waals surface area contributed by atoms with Crippen LogP contribution in [0.15, 0.2) is 47.6 Å². The Labute approximate surface area is 147 Å². The fraction of sp³-hybridized carbons (Fsp3) is 0.263. The monoisotopic (exact) mass is 342 g/mol. The Morgan fingerprint density at radius 1 is 1.24 bits per heavy atom. The molecule has 0 radical (unpaired) electrons. The van der Waals surface area contributed by atoms with Crippen LogP contribution in [0.25, 0.3) is 0 Å². The number of phenols is 1. The van der Waals surface area contributed by atoms with E-state index in [0.717, 1.165) is 5.56 Å². The van der Waals surface area contributed by atoms with Gasteiger partial charge in [0.25, 0.3) is 5.91 Å². The highest BCUT2D eigenvalue weighted by Gasteiger charge is 2.08. The Morgan fingerprint density at radius 2 is 2.00 bits per heavy atom. The number of rotatable bonds is 7. The SMILES string of the molecule is COc1cc(C=NNC(=O)COc2ccccc2C(C)C)ccc1O. The van der Waals surface area contributed by atoms with Gasteiger partial charge in [-0.3, -0.25) is 4.79 Å². The molecule has 0 aliphatic heterocycles. The minimum Gasteiger partial charge on any atom is -0.504 e. The van der Waals surface area contributed by atoms with E-state index in [-0.39, 0.29) is 18.3 Å². The van der Waals surface area contributed by atoms with E-state index in [1.54, 1.807) is 12.1 Å². The molecule has 25 heavy (non-hydrogen) atoms. The predicted octanol–water partition coefficient (Wildman–Crippen LogP) is 3.05. The molecule has 6 nitrogen and oxygen atoms in total. The van der Waals surface area contributed by atoms with Gasteiger partial charge in [-0.1, -0.05) is 32.0 Å². The zero-order valence-corrected chi connectivity index (χ0v) is 14.5. The number of nitrogens with zero attached hydrogens (tertiary/aromatic N) is 1. The third-order valence-corrected chi connectivity index (χ3v) is 3.51. The average molecular weight is 342 g/mol. The summed E-state index contributed by atoms with van der Waals surface area (Å²) in [5.74, 6) is 1.02. The lowest BCUT2D eigenvalue weighted by Crippen LogP contribution is -2.24. The van der Waals surface area contributed by atoms with Crippen LogP contribution in [-0.4, -0.2) is 30.9 Å². The third-order valence-electron chi connectivity index (χ3n) is 3.51. The van der Waals surface area contributed by atoms with E-state index in [4.69, 9.17) is 9.47 Å². The van der Waals surface area contributed by atoms with E-state index in [9.17, 15) is 9.90 Å². The number of amides is 1. The standard InChI is InChI=1S/C19H22N2O4/c1-13(2)15-6-4-5-7-17(15)25-12-19(23)21-20-11-14-8-9-16(22)18(10-14)24-3/h4-11,13,22H,12H2,1-3H3,(H,21,23). The number of carbonyl (C=O) groups is 1. The second-order valence-corrected chi connectivity index (χ2v) is 5.71. The highest BCUT2D eigenvalue weighted by atomic mass is 16.5. The van der Waals surface area contributed by atoms with Gasteiger partial charge < -0.3 is 14.6 Å². The molecule has 0 saturated heterocycles. The van der Waals surface area contributed by atoms with Crippen LogP contribution in [0, 0.1) is 0 Å². The van der Waals surface area contributed by atoms with Gasteiger partial charge in [-0.05, 0) is 41.3 Å². The Hall–Kier alpha value is -3.02. The Balaban J connectivity index is 1.89. The molecule has 132 valence electrons. The maximum Gasteiger partial charge on any atom is 0.277 e. The van der Waals surface area contributed by atoms with Gasteiger partial charge in [0.15, 0.2) is 18.1 Å². The van der Waals surface area contributed by atoms with Gasteiger partial charge in [0.1, 0.15) is 5.75 Å². The van der Waals surface area contributed by atoms with E-state index in [1.165, 1.54) is 19.4 Å². The van der Waals surface area contributed by atoms with E-state index >= 15 is 0 Å². The summed E-state index contributed by atoms with van der Waals surface area (Å²) in [5, 5.41) is 13.4. The van der Waals surface area contributed by atoms with Crippen molar-refractivity contribution in [2.24, 2.45) is 5.10 Å². The van der Waals surface area contributed by atoms with Crippen molar-refractivity contribution in [3.63, 3.8) is 0 Å². The maximum atomic E-state index is 11.9. The zero-order chi connectivity index (χ0) is 18.2. The van der Waals surface area contributed by atoms with Crippen LogP contribution in [0.3, 0.4) is 0 Å². The minimum absolute atomic E-state index is 0.0425. The second kappa shape index (κ2) is 8.73. The minimum atomic E-state index is -0.361. The second-order valence-electron chi connectivity index (χ2n) is 5.71. The number of hydrogen-bond acceptors (Lipinski definition) is 5. The molecule has 2 rings (SSSR count). The number of aromatic hydroxyl groups is 1. The molecule has 0 spiro atoms. The van der Waals surface area contributed by atoms with Crippen LogP contribution in [0.5, 0.6) is 17.2 Å². The number of methoxy groups -OCH3 is 1. The van der Waals surface area contributed by atoms with Gasteiger partial charge >= 0.3 is 0 Å². The number of hydrogen-bond donors (Lipinski definition) is 2. The Kier molecular flexibility index (Phi) is 6.39. The van der Waals surface area contributed by atoms with Crippen molar-refractivity contribution in [1.82, 2.24) is 5.43 Å². The molecule has 0 aliphatic rings. The molecule has 0 atom stereocenters. The Morgan fingerprint density at radius 3 is 2.72 bits per heavy atom. The summed E-state index contributed by atoms with van der Waals surface area (Å²) in [6, 6.07) is 12.4. The number of nitrogens with one attached hydrogen (secondary N) is 1. The number of carbonyl (C=O) groups excluding carboxylic acids is 1. The fourth-order valence-corrected chi connectivity index (χ4v) is 2.22. The molecule has 0 bridgehead atoms. The molecular formula is C19H22N2O4. The number of hydrazone groups is 1. The summed E-state index contributed by atoms with van der Waals surface area (Å²) >= 11 is 0.